The van der Waals surface area contributed by atoms with Gasteiger partial charge in [-0.3, -0.25) is 9.59 Å². The number of carbonyl (C=O) groups is 2. The highest BCUT2D eigenvalue weighted by molar-refractivity contribution is 6.30. The lowest BCUT2D eigenvalue weighted by Gasteiger charge is -2.33. The lowest BCUT2D eigenvalue weighted by Crippen LogP contribution is -2.53. The first-order valence-corrected chi connectivity index (χ1v) is 10.4. The van der Waals surface area contributed by atoms with Gasteiger partial charge in [0.25, 0.3) is 0 Å². The molecule has 0 bridgehead atoms. The zero-order valence-corrected chi connectivity index (χ0v) is 18.8. The van der Waals surface area contributed by atoms with Gasteiger partial charge in [-0.2, -0.15) is 0 Å². The highest BCUT2D eigenvalue weighted by Gasteiger charge is 2.30. The molecule has 0 aliphatic heterocycles. The third-order valence-electron chi connectivity index (χ3n) is 4.39. The van der Waals surface area contributed by atoms with Crippen molar-refractivity contribution in [3.8, 4) is 0 Å². The Morgan fingerprint density at radius 1 is 1.00 bits per heavy atom. The first kappa shape index (κ1) is 23.2. The zero-order valence-electron chi connectivity index (χ0n) is 17.3. The SMILES string of the molecule is CC[C@@H](C(=O)NC(C)(C)C)N(Cc1ccc(Cl)cc1)C(=O)Cc1cccc(Cl)c1. The van der Waals surface area contributed by atoms with Crippen molar-refractivity contribution in [1.29, 1.82) is 0 Å². The summed E-state index contributed by atoms with van der Waals surface area (Å²) in [5.41, 5.74) is 1.34. The Morgan fingerprint density at radius 2 is 1.66 bits per heavy atom. The lowest BCUT2D eigenvalue weighted by atomic mass is 10.0. The molecule has 0 spiro atoms. The van der Waals surface area contributed by atoms with Gasteiger partial charge in [0.15, 0.2) is 0 Å². The van der Waals surface area contributed by atoms with E-state index in [0.29, 0.717) is 23.0 Å². The fraction of sp³-hybridized carbons (Fsp3) is 0.391. The number of amides is 2. The predicted octanol–water partition coefficient (Wildman–Crippen LogP) is 5.26. The Bertz CT molecular complexity index is 845. The smallest absolute Gasteiger partial charge is 0.243 e. The minimum atomic E-state index is -0.573. The van der Waals surface area contributed by atoms with Crippen molar-refractivity contribution in [2.24, 2.45) is 0 Å². The van der Waals surface area contributed by atoms with Crippen LogP contribution in [0.5, 0.6) is 0 Å². The maximum Gasteiger partial charge on any atom is 0.243 e. The first-order chi connectivity index (χ1) is 13.6. The number of nitrogens with zero attached hydrogens (tertiary/aromatic N) is 1. The standard InChI is InChI=1S/C23H28Cl2N2O2/c1-5-20(22(29)26-23(2,3)4)27(15-16-9-11-18(24)12-10-16)21(28)14-17-7-6-8-19(25)13-17/h6-13,20H,5,14-15H2,1-4H3,(H,26,29)/t20-/m0/s1. The molecule has 0 saturated carbocycles. The van der Waals surface area contributed by atoms with E-state index < -0.39 is 6.04 Å². The Labute approximate surface area is 183 Å². The van der Waals surface area contributed by atoms with Crippen LogP contribution in [-0.2, 0) is 22.6 Å². The summed E-state index contributed by atoms with van der Waals surface area (Å²) in [5, 5.41) is 4.21. The van der Waals surface area contributed by atoms with E-state index in [-0.39, 0.29) is 23.8 Å². The average molecular weight is 435 g/mol. The Kier molecular flexibility index (Phi) is 8.12. The molecule has 0 radical (unpaired) electrons. The summed E-state index contributed by atoms with van der Waals surface area (Å²) >= 11 is 12.1. The van der Waals surface area contributed by atoms with Crippen molar-refractivity contribution in [2.45, 2.75) is 58.7 Å². The summed E-state index contributed by atoms with van der Waals surface area (Å²) in [5.74, 6) is -0.286. The van der Waals surface area contributed by atoms with Crippen molar-refractivity contribution in [1.82, 2.24) is 10.2 Å². The second kappa shape index (κ2) is 10.1. The molecule has 0 heterocycles. The monoisotopic (exact) mass is 434 g/mol. The van der Waals surface area contributed by atoms with Crippen molar-refractivity contribution in [3.05, 3.63) is 69.7 Å². The zero-order chi connectivity index (χ0) is 21.6. The summed E-state index contributed by atoms with van der Waals surface area (Å²) in [4.78, 5) is 27.8. The third-order valence-corrected chi connectivity index (χ3v) is 4.88. The molecule has 2 amide bonds. The molecule has 29 heavy (non-hydrogen) atoms. The molecule has 1 atom stereocenters. The maximum atomic E-state index is 13.2. The summed E-state index contributed by atoms with van der Waals surface area (Å²) < 4.78 is 0. The van der Waals surface area contributed by atoms with Crippen LogP contribution in [0.1, 0.15) is 45.2 Å². The summed E-state index contributed by atoms with van der Waals surface area (Å²) in [6.07, 6.45) is 0.685. The summed E-state index contributed by atoms with van der Waals surface area (Å²) in [6.45, 7) is 8.01. The van der Waals surface area contributed by atoms with Crippen molar-refractivity contribution >= 4 is 35.0 Å². The fourth-order valence-corrected chi connectivity index (χ4v) is 3.42. The Morgan fingerprint density at radius 3 is 2.21 bits per heavy atom. The van der Waals surface area contributed by atoms with Gasteiger partial charge in [-0.1, -0.05) is 54.4 Å². The molecular weight excluding hydrogens is 407 g/mol. The van der Waals surface area contributed by atoms with Crippen LogP contribution in [0.4, 0.5) is 0 Å². The normalized spacial score (nSPS) is 12.3. The van der Waals surface area contributed by atoms with Gasteiger partial charge >= 0.3 is 0 Å². The van der Waals surface area contributed by atoms with Crippen LogP contribution in [-0.4, -0.2) is 28.3 Å². The molecule has 2 aromatic rings. The molecule has 156 valence electrons. The quantitative estimate of drug-likeness (QED) is 0.645. The van der Waals surface area contributed by atoms with Crippen LogP contribution in [0.3, 0.4) is 0 Å². The van der Waals surface area contributed by atoms with Crippen LogP contribution < -0.4 is 5.32 Å². The molecule has 2 rings (SSSR count). The summed E-state index contributed by atoms with van der Waals surface area (Å²) in [6, 6.07) is 14.0. The van der Waals surface area contributed by atoms with Crippen LogP contribution in [0.2, 0.25) is 10.0 Å². The van der Waals surface area contributed by atoms with Crippen LogP contribution in [0.25, 0.3) is 0 Å². The Hall–Kier alpha value is -2.04. The van der Waals surface area contributed by atoms with Gasteiger partial charge in [0.1, 0.15) is 6.04 Å². The van der Waals surface area contributed by atoms with Gasteiger partial charge in [-0.05, 0) is 62.6 Å². The second-order valence-corrected chi connectivity index (χ2v) is 8.99. The average Bonchev–Trinajstić information content (AvgIpc) is 2.61. The van der Waals surface area contributed by atoms with Gasteiger partial charge < -0.3 is 10.2 Å². The fourth-order valence-electron chi connectivity index (χ4n) is 3.08. The molecule has 0 aliphatic carbocycles. The van der Waals surface area contributed by atoms with E-state index in [1.165, 1.54) is 0 Å². The number of nitrogens with one attached hydrogen (secondary N) is 1. The van der Waals surface area contributed by atoms with Gasteiger partial charge in [-0.25, -0.2) is 0 Å². The van der Waals surface area contributed by atoms with E-state index in [1.807, 2.05) is 52.0 Å². The molecule has 6 heteroatoms. The van der Waals surface area contributed by atoms with Crippen molar-refractivity contribution in [2.75, 3.05) is 0 Å². The topological polar surface area (TPSA) is 49.4 Å². The molecule has 0 saturated heterocycles. The predicted molar refractivity (Wildman–Crippen MR) is 119 cm³/mol. The largest absolute Gasteiger partial charge is 0.350 e. The van der Waals surface area contributed by atoms with Gasteiger partial charge in [0, 0.05) is 22.1 Å². The van der Waals surface area contributed by atoms with E-state index in [0.717, 1.165) is 11.1 Å². The molecule has 1 N–H and O–H groups in total. The number of benzene rings is 2. The number of halogens is 2. The van der Waals surface area contributed by atoms with Crippen LogP contribution in [0, 0.1) is 0 Å². The van der Waals surface area contributed by atoms with Crippen LogP contribution >= 0.6 is 23.2 Å². The van der Waals surface area contributed by atoms with Gasteiger partial charge in [0.05, 0.1) is 6.42 Å². The van der Waals surface area contributed by atoms with E-state index in [9.17, 15) is 9.59 Å². The first-order valence-electron chi connectivity index (χ1n) is 9.69. The highest BCUT2D eigenvalue weighted by Crippen LogP contribution is 2.18. The molecular formula is C23H28Cl2N2O2. The number of hydrogen-bond acceptors (Lipinski definition) is 2. The van der Waals surface area contributed by atoms with Crippen molar-refractivity contribution in [3.63, 3.8) is 0 Å². The second-order valence-electron chi connectivity index (χ2n) is 8.12. The molecule has 0 fully saturated rings. The van der Waals surface area contributed by atoms with Gasteiger partial charge in [-0.15, -0.1) is 0 Å². The molecule has 0 aliphatic rings. The van der Waals surface area contributed by atoms with Crippen LogP contribution in [0.15, 0.2) is 48.5 Å². The van der Waals surface area contributed by atoms with E-state index in [2.05, 4.69) is 5.32 Å². The minimum absolute atomic E-state index is 0.127. The lowest BCUT2D eigenvalue weighted by molar-refractivity contribution is -0.141. The van der Waals surface area contributed by atoms with E-state index in [4.69, 9.17) is 23.2 Å². The van der Waals surface area contributed by atoms with Crippen molar-refractivity contribution < 1.29 is 9.59 Å². The molecule has 2 aromatic carbocycles. The number of rotatable bonds is 7. The minimum Gasteiger partial charge on any atom is -0.350 e. The molecule has 4 nitrogen and oxygen atoms in total. The third kappa shape index (κ3) is 7.37. The molecule has 0 aromatic heterocycles. The highest BCUT2D eigenvalue weighted by atomic mass is 35.5. The van der Waals surface area contributed by atoms with Gasteiger partial charge in [0.2, 0.25) is 11.8 Å². The number of carbonyl (C=O) groups excluding carboxylic acids is 2. The summed E-state index contributed by atoms with van der Waals surface area (Å²) in [7, 11) is 0. The molecule has 0 unspecified atom stereocenters. The number of hydrogen-bond donors (Lipinski definition) is 1. The Balaban J connectivity index is 2.30. The van der Waals surface area contributed by atoms with E-state index >= 15 is 0 Å². The maximum absolute atomic E-state index is 13.2. The van der Waals surface area contributed by atoms with E-state index in [1.54, 1.807) is 29.2 Å².